The Hall–Kier alpha value is -2.63. The molecular weight excluding hydrogens is 360 g/mol. The van der Waals surface area contributed by atoms with Gasteiger partial charge in [0.05, 0.1) is 0 Å². The summed E-state index contributed by atoms with van der Waals surface area (Å²) in [5.74, 6) is -0.118. The predicted octanol–water partition coefficient (Wildman–Crippen LogP) is 4.17. The third kappa shape index (κ3) is 4.61. The summed E-state index contributed by atoms with van der Waals surface area (Å²) in [4.78, 5) is 16.8. The van der Waals surface area contributed by atoms with Crippen LogP contribution in [0.15, 0.2) is 48.5 Å². The summed E-state index contributed by atoms with van der Waals surface area (Å²) in [5, 5.41) is 3.09. The first-order chi connectivity index (χ1) is 13.6. The molecule has 2 fully saturated rings. The highest BCUT2D eigenvalue weighted by atomic mass is 19.1. The SMILES string of the molecule is O=C(NCC1CCN(c2ccc(F)cc2)C1)N(Cc1ccc(F)cc1)C1CC1. The highest BCUT2D eigenvalue weighted by molar-refractivity contribution is 5.75. The molecule has 6 heteroatoms. The minimum Gasteiger partial charge on any atom is -0.371 e. The summed E-state index contributed by atoms with van der Waals surface area (Å²) in [5.41, 5.74) is 1.96. The number of halogens is 2. The fourth-order valence-electron chi connectivity index (χ4n) is 3.76. The Bertz CT molecular complexity index is 806. The lowest BCUT2D eigenvalue weighted by Gasteiger charge is -2.24. The number of anilines is 1. The van der Waals surface area contributed by atoms with Crippen LogP contribution in [0.4, 0.5) is 19.3 Å². The van der Waals surface area contributed by atoms with Crippen LogP contribution in [-0.4, -0.2) is 36.6 Å². The smallest absolute Gasteiger partial charge is 0.317 e. The number of rotatable bonds is 6. The van der Waals surface area contributed by atoms with Gasteiger partial charge in [0.25, 0.3) is 0 Å². The van der Waals surface area contributed by atoms with Gasteiger partial charge in [0.1, 0.15) is 11.6 Å². The Kier molecular flexibility index (Phi) is 5.46. The minimum atomic E-state index is -0.266. The fraction of sp³-hybridized carbons (Fsp3) is 0.409. The molecule has 0 spiro atoms. The molecule has 1 atom stereocenters. The third-order valence-corrected chi connectivity index (χ3v) is 5.53. The third-order valence-electron chi connectivity index (χ3n) is 5.53. The van der Waals surface area contributed by atoms with Gasteiger partial charge >= 0.3 is 6.03 Å². The zero-order valence-corrected chi connectivity index (χ0v) is 15.8. The van der Waals surface area contributed by atoms with Crippen molar-refractivity contribution in [3.63, 3.8) is 0 Å². The lowest BCUT2D eigenvalue weighted by atomic mass is 10.1. The van der Waals surface area contributed by atoms with Crippen LogP contribution in [0, 0.1) is 17.6 Å². The van der Waals surface area contributed by atoms with Gasteiger partial charge < -0.3 is 15.1 Å². The van der Waals surface area contributed by atoms with Crippen molar-refractivity contribution in [1.29, 1.82) is 0 Å². The number of carbonyl (C=O) groups excluding carboxylic acids is 1. The van der Waals surface area contributed by atoms with Crippen molar-refractivity contribution in [2.45, 2.75) is 31.8 Å². The molecule has 2 aromatic rings. The van der Waals surface area contributed by atoms with Crippen LogP contribution in [0.1, 0.15) is 24.8 Å². The van der Waals surface area contributed by atoms with Crippen LogP contribution in [0.5, 0.6) is 0 Å². The van der Waals surface area contributed by atoms with Crippen LogP contribution >= 0.6 is 0 Å². The van der Waals surface area contributed by atoms with Gasteiger partial charge in [0.2, 0.25) is 0 Å². The highest BCUT2D eigenvalue weighted by Crippen LogP contribution is 2.29. The van der Waals surface area contributed by atoms with Crippen molar-refractivity contribution in [2.75, 3.05) is 24.5 Å². The zero-order chi connectivity index (χ0) is 19.5. The van der Waals surface area contributed by atoms with E-state index in [-0.39, 0.29) is 23.7 Å². The second-order valence-electron chi connectivity index (χ2n) is 7.75. The van der Waals surface area contributed by atoms with Gasteiger partial charge in [0.15, 0.2) is 0 Å². The van der Waals surface area contributed by atoms with Crippen molar-refractivity contribution in [2.24, 2.45) is 5.92 Å². The quantitative estimate of drug-likeness (QED) is 0.810. The van der Waals surface area contributed by atoms with E-state index in [1.807, 2.05) is 4.90 Å². The molecule has 1 aliphatic carbocycles. The summed E-state index contributed by atoms with van der Waals surface area (Å²) in [6.45, 7) is 2.90. The van der Waals surface area contributed by atoms with Crippen LogP contribution in [0.25, 0.3) is 0 Å². The molecule has 28 heavy (non-hydrogen) atoms. The molecule has 1 saturated carbocycles. The summed E-state index contributed by atoms with van der Waals surface area (Å²) in [7, 11) is 0. The van der Waals surface area contributed by atoms with Crippen LogP contribution in [-0.2, 0) is 6.54 Å². The van der Waals surface area contributed by atoms with E-state index in [0.717, 1.165) is 43.6 Å². The molecule has 148 valence electrons. The number of hydrogen-bond acceptors (Lipinski definition) is 2. The summed E-state index contributed by atoms with van der Waals surface area (Å²) < 4.78 is 26.2. The van der Waals surface area contributed by atoms with Crippen LogP contribution < -0.4 is 10.2 Å². The Morgan fingerprint density at radius 2 is 1.64 bits per heavy atom. The van der Waals surface area contributed by atoms with Crippen molar-refractivity contribution < 1.29 is 13.6 Å². The molecule has 1 N–H and O–H groups in total. The number of carbonyl (C=O) groups is 1. The normalized spacial score (nSPS) is 18.9. The van der Waals surface area contributed by atoms with Gasteiger partial charge in [-0.2, -0.15) is 0 Å². The van der Waals surface area contributed by atoms with Gasteiger partial charge in [-0.25, -0.2) is 13.6 Å². The second-order valence-corrected chi connectivity index (χ2v) is 7.75. The standard InChI is InChI=1S/C22H25F2N3O/c23-18-3-1-16(2-4-18)15-27(21-9-10-21)22(28)25-13-17-11-12-26(14-17)20-7-5-19(24)6-8-20/h1-8,17,21H,9-15H2,(H,25,28). The predicted molar refractivity (Wildman–Crippen MR) is 105 cm³/mol. The van der Waals surface area contributed by atoms with E-state index in [9.17, 15) is 13.6 Å². The first kappa shape index (κ1) is 18.7. The summed E-state index contributed by atoms with van der Waals surface area (Å²) in [6, 6.07) is 13.1. The Morgan fingerprint density at radius 1 is 1.00 bits per heavy atom. The number of nitrogens with one attached hydrogen (secondary N) is 1. The highest BCUT2D eigenvalue weighted by Gasteiger charge is 2.33. The van der Waals surface area contributed by atoms with Gasteiger partial charge in [0, 0.05) is 37.9 Å². The van der Waals surface area contributed by atoms with Crippen molar-refractivity contribution in [3.8, 4) is 0 Å². The van der Waals surface area contributed by atoms with Gasteiger partial charge in [-0.3, -0.25) is 0 Å². The van der Waals surface area contributed by atoms with E-state index in [2.05, 4.69) is 10.2 Å². The minimum absolute atomic E-state index is 0.0490. The monoisotopic (exact) mass is 385 g/mol. The van der Waals surface area contributed by atoms with E-state index in [1.54, 1.807) is 24.3 Å². The largest absolute Gasteiger partial charge is 0.371 e. The Morgan fingerprint density at radius 3 is 2.29 bits per heavy atom. The number of hydrogen-bond donors (Lipinski definition) is 1. The van der Waals surface area contributed by atoms with E-state index < -0.39 is 0 Å². The molecule has 0 aromatic heterocycles. The number of benzene rings is 2. The van der Waals surface area contributed by atoms with E-state index >= 15 is 0 Å². The maximum Gasteiger partial charge on any atom is 0.317 e. The molecule has 1 unspecified atom stereocenters. The van der Waals surface area contributed by atoms with Crippen LogP contribution in [0.2, 0.25) is 0 Å². The summed E-state index contributed by atoms with van der Waals surface area (Å²) in [6.07, 6.45) is 3.05. The van der Waals surface area contributed by atoms with Crippen LogP contribution in [0.3, 0.4) is 0 Å². The zero-order valence-electron chi connectivity index (χ0n) is 15.8. The van der Waals surface area contributed by atoms with Crippen molar-refractivity contribution >= 4 is 11.7 Å². The Labute approximate surface area is 164 Å². The maximum atomic E-state index is 13.1. The molecule has 0 bridgehead atoms. The lowest BCUT2D eigenvalue weighted by Crippen LogP contribution is -2.43. The average Bonchev–Trinajstić information content (AvgIpc) is 3.43. The molecule has 1 heterocycles. The topological polar surface area (TPSA) is 35.6 Å². The Balaban J connectivity index is 1.29. The first-order valence-corrected chi connectivity index (χ1v) is 9.88. The molecular formula is C22H25F2N3O. The molecule has 0 radical (unpaired) electrons. The summed E-state index contributed by atoms with van der Waals surface area (Å²) >= 11 is 0. The average molecular weight is 385 g/mol. The van der Waals surface area contributed by atoms with Crippen molar-refractivity contribution in [3.05, 3.63) is 65.7 Å². The van der Waals surface area contributed by atoms with E-state index in [4.69, 9.17) is 0 Å². The van der Waals surface area contributed by atoms with Crippen molar-refractivity contribution in [1.82, 2.24) is 10.2 Å². The second kappa shape index (κ2) is 8.17. The fourth-order valence-corrected chi connectivity index (χ4v) is 3.76. The molecule has 1 saturated heterocycles. The van der Waals surface area contributed by atoms with Gasteiger partial charge in [-0.1, -0.05) is 12.1 Å². The lowest BCUT2D eigenvalue weighted by molar-refractivity contribution is 0.190. The number of amides is 2. The molecule has 4 rings (SSSR count). The molecule has 2 aromatic carbocycles. The first-order valence-electron chi connectivity index (χ1n) is 9.88. The van der Waals surface area contributed by atoms with Gasteiger partial charge in [-0.05, 0) is 67.1 Å². The van der Waals surface area contributed by atoms with E-state index in [0.29, 0.717) is 19.0 Å². The van der Waals surface area contributed by atoms with E-state index in [1.165, 1.54) is 24.3 Å². The molecule has 4 nitrogen and oxygen atoms in total. The number of urea groups is 1. The molecule has 2 aliphatic rings. The molecule has 2 amide bonds. The maximum absolute atomic E-state index is 13.1. The number of nitrogens with zero attached hydrogens (tertiary/aromatic N) is 2. The van der Waals surface area contributed by atoms with Gasteiger partial charge in [-0.15, -0.1) is 0 Å². The molecule has 1 aliphatic heterocycles.